The van der Waals surface area contributed by atoms with Crippen LogP contribution in [0.4, 0.5) is 5.69 Å². The van der Waals surface area contributed by atoms with E-state index in [1.165, 1.54) is 11.5 Å². The monoisotopic (exact) mass is 469 g/mol. The summed E-state index contributed by atoms with van der Waals surface area (Å²) in [4.78, 5) is 42.8. The number of fused-ring (bicyclic) bond motifs is 1. The number of hydrogen-bond acceptors (Lipinski definition) is 5. The Kier molecular flexibility index (Phi) is 6.51. The van der Waals surface area contributed by atoms with Crippen molar-refractivity contribution in [1.29, 1.82) is 0 Å². The average Bonchev–Trinajstić information content (AvgIpc) is 2.81. The van der Waals surface area contributed by atoms with Crippen LogP contribution >= 0.6 is 0 Å². The number of para-hydroxylation sites is 1. The zero-order valence-corrected chi connectivity index (χ0v) is 20.4. The van der Waals surface area contributed by atoms with E-state index in [1.807, 2.05) is 39.0 Å². The first-order valence-corrected chi connectivity index (χ1v) is 11.3. The van der Waals surface area contributed by atoms with E-state index in [2.05, 4.69) is 10.3 Å². The number of anilines is 1. The third kappa shape index (κ3) is 4.84. The van der Waals surface area contributed by atoms with E-state index < -0.39 is 18.0 Å². The maximum atomic E-state index is 13.0. The van der Waals surface area contributed by atoms with Gasteiger partial charge in [0.1, 0.15) is 5.82 Å². The molecule has 0 radical (unpaired) electrons. The van der Waals surface area contributed by atoms with Gasteiger partial charge in [0.2, 0.25) is 0 Å². The summed E-state index contributed by atoms with van der Waals surface area (Å²) in [5.41, 5.74) is 5.02. The normalized spacial score (nSPS) is 11.8. The Balaban J connectivity index is 1.49. The van der Waals surface area contributed by atoms with Crippen LogP contribution in [0.5, 0.6) is 0 Å². The maximum absolute atomic E-state index is 13.0. The van der Waals surface area contributed by atoms with Crippen molar-refractivity contribution < 1.29 is 14.3 Å². The van der Waals surface area contributed by atoms with Crippen molar-refractivity contribution in [2.75, 3.05) is 5.32 Å². The lowest BCUT2D eigenvalue weighted by Gasteiger charge is -2.17. The lowest BCUT2D eigenvalue weighted by molar-refractivity contribution is -0.123. The van der Waals surface area contributed by atoms with E-state index in [4.69, 9.17) is 4.74 Å². The molecule has 7 heteroatoms. The molecule has 1 atom stereocenters. The molecule has 1 unspecified atom stereocenters. The van der Waals surface area contributed by atoms with Crippen LogP contribution in [0.15, 0.2) is 65.5 Å². The zero-order chi connectivity index (χ0) is 25.3. The van der Waals surface area contributed by atoms with Gasteiger partial charge in [0.05, 0.1) is 22.2 Å². The minimum atomic E-state index is -0.989. The van der Waals surface area contributed by atoms with Crippen LogP contribution in [0.1, 0.15) is 39.8 Å². The molecule has 0 aliphatic rings. The van der Waals surface area contributed by atoms with Crippen LogP contribution < -0.4 is 10.9 Å². The van der Waals surface area contributed by atoms with Crippen molar-refractivity contribution >= 4 is 28.5 Å². The number of nitrogens with zero attached hydrogens (tertiary/aromatic N) is 2. The fourth-order valence-corrected chi connectivity index (χ4v) is 4.18. The molecule has 1 amide bonds. The van der Waals surface area contributed by atoms with Crippen LogP contribution in [0.25, 0.3) is 16.6 Å². The number of esters is 1. The first kappa shape index (κ1) is 23.9. The van der Waals surface area contributed by atoms with Crippen molar-refractivity contribution in [3.63, 3.8) is 0 Å². The molecule has 0 aliphatic heterocycles. The lowest BCUT2D eigenvalue weighted by Crippen LogP contribution is -2.30. The van der Waals surface area contributed by atoms with Gasteiger partial charge in [-0.25, -0.2) is 9.78 Å². The number of hydrogen-bond donors (Lipinski definition) is 1. The zero-order valence-electron chi connectivity index (χ0n) is 20.4. The fourth-order valence-electron chi connectivity index (χ4n) is 4.18. The Morgan fingerprint density at radius 3 is 2.23 bits per heavy atom. The summed E-state index contributed by atoms with van der Waals surface area (Å²) < 4.78 is 6.89. The Labute approximate surface area is 203 Å². The highest BCUT2D eigenvalue weighted by Crippen LogP contribution is 2.22. The molecule has 3 aromatic carbocycles. The van der Waals surface area contributed by atoms with Gasteiger partial charge < -0.3 is 10.1 Å². The van der Waals surface area contributed by atoms with Gasteiger partial charge in [-0.05, 0) is 82.1 Å². The highest BCUT2D eigenvalue weighted by Gasteiger charge is 2.21. The third-order valence-corrected chi connectivity index (χ3v) is 5.88. The predicted molar refractivity (Wildman–Crippen MR) is 136 cm³/mol. The van der Waals surface area contributed by atoms with Gasteiger partial charge >= 0.3 is 5.97 Å². The molecule has 1 heterocycles. The lowest BCUT2D eigenvalue weighted by atomic mass is 10.0. The quantitative estimate of drug-likeness (QED) is 0.424. The number of aromatic nitrogens is 2. The molecule has 0 spiro atoms. The first-order valence-electron chi connectivity index (χ1n) is 11.3. The van der Waals surface area contributed by atoms with Gasteiger partial charge in [0.25, 0.3) is 11.5 Å². The Morgan fingerprint density at radius 1 is 0.943 bits per heavy atom. The molecular weight excluding hydrogens is 442 g/mol. The Morgan fingerprint density at radius 2 is 1.57 bits per heavy atom. The van der Waals surface area contributed by atoms with Crippen LogP contribution in [-0.2, 0) is 9.53 Å². The molecule has 0 saturated heterocycles. The van der Waals surface area contributed by atoms with Crippen molar-refractivity contribution in [1.82, 2.24) is 9.55 Å². The Bertz CT molecular complexity index is 1480. The standard InChI is InChI=1S/C28H27N3O4/c1-16-14-17(2)25(18(3)15-16)30-26(32)19(4)35-28(34)21-10-12-22(13-11-21)31-20(5)29-24-9-7-6-8-23(24)27(31)33/h6-15,19H,1-5H3,(H,30,32). The summed E-state index contributed by atoms with van der Waals surface area (Å²) in [6.45, 7) is 9.13. The van der Waals surface area contributed by atoms with E-state index >= 15 is 0 Å². The number of nitrogens with one attached hydrogen (secondary N) is 1. The molecule has 1 aromatic heterocycles. The highest BCUT2D eigenvalue weighted by atomic mass is 16.5. The van der Waals surface area contributed by atoms with Crippen molar-refractivity contribution in [2.24, 2.45) is 0 Å². The van der Waals surface area contributed by atoms with E-state index in [-0.39, 0.29) is 11.1 Å². The van der Waals surface area contributed by atoms with Gasteiger partial charge in [-0.1, -0.05) is 29.8 Å². The van der Waals surface area contributed by atoms with E-state index in [9.17, 15) is 14.4 Å². The van der Waals surface area contributed by atoms with E-state index in [0.29, 0.717) is 22.4 Å². The summed E-state index contributed by atoms with van der Waals surface area (Å²) in [6.07, 6.45) is -0.989. The third-order valence-electron chi connectivity index (χ3n) is 5.88. The molecule has 0 aliphatic carbocycles. The predicted octanol–water partition coefficient (Wildman–Crippen LogP) is 4.80. The van der Waals surface area contributed by atoms with E-state index in [1.54, 1.807) is 49.4 Å². The van der Waals surface area contributed by atoms with Crippen molar-refractivity contribution in [3.8, 4) is 5.69 Å². The van der Waals surface area contributed by atoms with E-state index in [0.717, 1.165) is 22.4 Å². The summed E-state index contributed by atoms with van der Waals surface area (Å²) in [7, 11) is 0. The molecule has 7 nitrogen and oxygen atoms in total. The van der Waals surface area contributed by atoms with Gasteiger partial charge in [-0.2, -0.15) is 0 Å². The molecule has 1 N–H and O–H groups in total. The van der Waals surface area contributed by atoms with Crippen LogP contribution in [0.3, 0.4) is 0 Å². The van der Waals surface area contributed by atoms with Gasteiger partial charge in [0.15, 0.2) is 6.10 Å². The number of carbonyl (C=O) groups is 2. The Hall–Kier alpha value is -4.26. The fraction of sp³-hybridized carbons (Fsp3) is 0.214. The van der Waals surface area contributed by atoms with Crippen molar-refractivity contribution in [2.45, 2.75) is 40.7 Å². The number of rotatable bonds is 5. The van der Waals surface area contributed by atoms with Crippen LogP contribution in [-0.4, -0.2) is 27.5 Å². The minimum Gasteiger partial charge on any atom is -0.449 e. The summed E-state index contributed by atoms with van der Waals surface area (Å²) in [5, 5.41) is 3.37. The molecular formula is C28H27N3O4. The molecule has 0 saturated carbocycles. The van der Waals surface area contributed by atoms with Crippen molar-refractivity contribution in [3.05, 3.63) is 99.1 Å². The largest absolute Gasteiger partial charge is 0.449 e. The van der Waals surface area contributed by atoms with Crippen LogP contribution in [0, 0.1) is 27.7 Å². The molecule has 4 aromatic rings. The number of amides is 1. The summed E-state index contributed by atoms with van der Waals surface area (Å²) in [6, 6.07) is 17.6. The second-order valence-corrected chi connectivity index (χ2v) is 8.67. The number of aryl methyl sites for hydroxylation is 4. The van der Waals surface area contributed by atoms with Gasteiger partial charge in [-0.3, -0.25) is 14.2 Å². The molecule has 35 heavy (non-hydrogen) atoms. The number of carbonyl (C=O) groups excluding carboxylic acids is 2. The minimum absolute atomic E-state index is 0.185. The van der Waals surface area contributed by atoms with Gasteiger partial charge in [0, 0.05) is 5.69 Å². The smallest absolute Gasteiger partial charge is 0.338 e. The molecule has 0 bridgehead atoms. The molecule has 178 valence electrons. The average molecular weight is 470 g/mol. The van der Waals surface area contributed by atoms with Gasteiger partial charge in [-0.15, -0.1) is 0 Å². The number of benzene rings is 3. The first-order chi connectivity index (χ1) is 16.7. The maximum Gasteiger partial charge on any atom is 0.338 e. The van der Waals surface area contributed by atoms with Crippen LogP contribution in [0.2, 0.25) is 0 Å². The topological polar surface area (TPSA) is 90.3 Å². The molecule has 4 rings (SSSR count). The SMILES string of the molecule is Cc1cc(C)c(NC(=O)C(C)OC(=O)c2ccc(-n3c(C)nc4ccccc4c3=O)cc2)c(C)c1. The molecule has 0 fully saturated rings. The summed E-state index contributed by atoms with van der Waals surface area (Å²) >= 11 is 0. The highest BCUT2D eigenvalue weighted by molar-refractivity contribution is 5.98. The second kappa shape index (κ2) is 9.54. The second-order valence-electron chi connectivity index (χ2n) is 8.67. The number of ether oxygens (including phenoxy) is 1. The summed E-state index contributed by atoms with van der Waals surface area (Å²) in [5.74, 6) is -0.497.